The SMILES string of the molecule is Cc1cc(-c2nc3c(C(C)C)nc(Cc4ccc(Cl)cc4)nc3o2)cc(C)c1[O]. The Balaban J connectivity index is 1.81. The van der Waals surface area contributed by atoms with Crippen LogP contribution in [0.1, 0.15) is 48.0 Å². The van der Waals surface area contributed by atoms with Gasteiger partial charge in [-0.1, -0.05) is 37.6 Å². The highest BCUT2D eigenvalue weighted by Gasteiger charge is 2.19. The highest BCUT2D eigenvalue weighted by molar-refractivity contribution is 6.30. The van der Waals surface area contributed by atoms with Crippen molar-refractivity contribution in [2.24, 2.45) is 0 Å². The van der Waals surface area contributed by atoms with Crippen LogP contribution in [0.3, 0.4) is 0 Å². The maximum absolute atomic E-state index is 12.0. The molecule has 0 spiro atoms. The Morgan fingerprint density at radius 1 is 1.00 bits per heavy atom. The van der Waals surface area contributed by atoms with Crippen LogP contribution in [-0.2, 0) is 11.5 Å². The summed E-state index contributed by atoms with van der Waals surface area (Å²) in [6.45, 7) is 7.74. The summed E-state index contributed by atoms with van der Waals surface area (Å²) in [5.74, 6) is 1.33. The van der Waals surface area contributed by atoms with Crippen LogP contribution in [0, 0.1) is 13.8 Å². The number of hydrogen-bond donors (Lipinski definition) is 0. The summed E-state index contributed by atoms with van der Waals surface area (Å²) >= 11 is 5.98. The van der Waals surface area contributed by atoms with Crippen molar-refractivity contribution < 1.29 is 9.52 Å². The summed E-state index contributed by atoms with van der Waals surface area (Å²) in [5.41, 5.74) is 5.15. The molecule has 6 heteroatoms. The van der Waals surface area contributed by atoms with Gasteiger partial charge in [-0.15, -0.1) is 0 Å². The normalized spacial score (nSPS) is 11.5. The second-order valence-electron chi connectivity index (χ2n) is 7.59. The van der Waals surface area contributed by atoms with E-state index in [0.29, 0.717) is 45.5 Å². The van der Waals surface area contributed by atoms with Crippen LogP contribution in [0.5, 0.6) is 5.75 Å². The molecule has 0 amide bonds. The number of halogens is 1. The standard InChI is InChI=1S/C23H21ClN3O2/c1-12(2)19-20-23(26-18(25-19)11-15-5-7-17(24)8-6-15)29-22(27-20)16-9-13(3)21(28)14(4)10-16/h5-10,12H,11H2,1-4H3. The molecule has 2 aromatic heterocycles. The van der Waals surface area contributed by atoms with Crippen LogP contribution in [0.25, 0.3) is 22.7 Å². The highest BCUT2D eigenvalue weighted by Crippen LogP contribution is 2.32. The molecule has 1 radical (unpaired) electrons. The molecule has 0 aliphatic heterocycles. The predicted octanol–water partition coefficient (Wildman–Crippen LogP) is 6.41. The van der Waals surface area contributed by atoms with E-state index in [4.69, 9.17) is 21.0 Å². The predicted molar refractivity (Wildman–Crippen MR) is 113 cm³/mol. The van der Waals surface area contributed by atoms with Crippen molar-refractivity contribution >= 4 is 22.8 Å². The molecule has 2 aromatic carbocycles. The number of aryl methyl sites for hydroxylation is 2. The lowest BCUT2D eigenvalue weighted by Crippen LogP contribution is -2.03. The average Bonchev–Trinajstić information content (AvgIpc) is 3.11. The van der Waals surface area contributed by atoms with Crippen molar-refractivity contribution in [3.63, 3.8) is 0 Å². The van der Waals surface area contributed by atoms with Gasteiger partial charge in [-0.05, 0) is 60.7 Å². The van der Waals surface area contributed by atoms with E-state index >= 15 is 0 Å². The number of benzene rings is 2. The molecule has 5 nitrogen and oxygen atoms in total. The minimum absolute atomic E-state index is 0.0396. The highest BCUT2D eigenvalue weighted by atomic mass is 35.5. The first-order valence-corrected chi connectivity index (χ1v) is 9.90. The summed E-state index contributed by atoms with van der Waals surface area (Å²) < 4.78 is 6.01. The van der Waals surface area contributed by atoms with Crippen molar-refractivity contribution in [2.45, 2.75) is 40.0 Å². The van der Waals surface area contributed by atoms with Gasteiger partial charge < -0.3 is 4.42 Å². The van der Waals surface area contributed by atoms with Crippen molar-refractivity contribution in [1.29, 1.82) is 0 Å². The van der Waals surface area contributed by atoms with Gasteiger partial charge in [0.15, 0.2) is 11.3 Å². The number of rotatable bonds is 4. The van der Waals surface area contributed by atoms with Crippen molar-refractivity contribution in [3.8, 4) is 17.2 Å². The van der Waals surface area contributed by atoms with E-state index in [0.717, 1.165) is 16.8 Å². The third kappa shape index (κ3) is 3.83. The molecule has 0 aliphatic carbocycles. The fraction of sp³-hybridized carbons (Fsp3) is 0.261. The van der Waals surface area contributed by atoms with Gasteiger partial charge in [0.05, 0.1) is 5.69 Å². The Bertz CT molecular complexity index is 1170. The Morgan fingerprint density at radius 2 is 1.66 bits per heavy atom. The minimum Gasteiger partial charge on any atom is -0.418 e. The van der Waals surface area contributed by atoms with Gasteiger partial charge in [0.2, 0.25) is 5.89 Å². The summed E-state index contributed by atoms with van der Waals surface area (Å²) in [5, 5.41) is 12.7. The Kier molecular flexibility index (Phi) is 5.01. The van der Waals surface area contributed by atoms with Gasteiger partial charge >= 0.3 is 0 Å². The van der Waals surface area contributed by atoms with Gasteiger partial charge in [-0.3, -0.25) is 5.11 Å². The molecule has 0 bridgehead atoms. The summed E-state index contributed by atoms with van der Waals surface area (Å²) in [6, 6.07) is 11.2. The molecule has 0 aliphatic rings. The third-order valence-corrected chi connectivity index (χ3v) is 5.11. The summed E-state index contributed by atoms with van der Waals surface area (Å²) in [6.07, 6.45) is 0.575. The smallest absolute Gasteiger partial charge is 0.251 e. The number of nitrogens with zero attached hydrogens (tertiary/aromatic N) is 3. The molecule has 0 saturated carbocycles. The first-order valence-electron chi connectivity index (χ1n) is 9.52. The number of oxazole rings is 1. The maximum Gasteiger partial charge on any atom is 0.251 e. The molecule has 147 valence electrons. The van der Waals surface area contributed by atoms with Crippen molar-refractivity contribution in [1.82, 2.24) is 15.0 Å². The van der Waals surface area contributed by atoms with Gasteiger partial charge in [-0.2, -0.15) is 4.98 Å². The summed E-state index contributed by atoms with van der Waals surface area (Å²) in [4.78, 5) is 14.0. The molecule has 29 heavy (non-hydrogen) atoms. The van der Waals surface area contributed by atoms with E-state index in [2.05, 4.69) is 23.8 Å². The first kappa shape index (κ1) is 19.4. The van der Waals surface area contributed by atoms with E-state index in [9.17, 15) is 5.11 Å². The van der Waals surface area contributed by atoms with E-state index in [1.807, 2.05) is 24.3 Å². The fourth-order valence-electron chi connectivity index (χ4n) is 3.35. The quantitative estimate of drug-likeness (QED) is 0.392. The molecule has 0 atom stereocenters. The van der Waals surface area contributed by atoms with E-state index in [-0.39, 0.29) is 11.7 Å². The summed E-state index contributed by atoms with van der Waals surface area (Å²) in [7, 11) is 0. The van der Waals surface area contributed by atoms with E-state index < -0.39 is 0 Å². The lowest BCUT2D eigenvalue weighted by molar-refractivity contribution is 0.348. The maximum atomic E-state index is 12.0. The molecule has 0 saturated heterocycles. The Morgan fingerprint density at radius 3 is 2.28 bits per heavy atom. The largest absolute Gasteiger partial charge is 0.418 e. The third-order valence-electron chi connectivity index (χ3n) is 4.86. The van der Waals surface area contributed by atoms with Gasteiger partial charge in [0.25, 0.3) is 5.71 Å². The molecule has 0 unspecified atom stereocenters. The first-order chi connectivity index (χ1) is 13.8. The molecular formula is C23H21ClN3O2. The monoisotopic (exact) mass is 406 g/mol. The van der Waals surface area contributed by atoms with Gasteiger partial charge in [-0.25, -0.2) is 9.97 Å². The topological polar surface area (TPSA) is 71.7 Å². The lowest BCUT2D eigenvalue weighted by atomic mass is 10.1. The molecule has 0 fully saturated rings. The zero-order valence-corrected chi connectivity index (χ0v) is 17.5. The number of aromatic nitrogens is 3. The van der Waals surface area contributed by atoms with Crippen molar-refractivity contribution in [2.75, 3.05) is 0 Å². The fourth-order valence-corrected chi connectivity index (χ4v) is 3.48. The van der Waals surface area contributed by atoms with Crippen LogP contribution in [-0.4, -0.2) is 15.0 Å². The zero-order chi connectivity index (χ0) is 20.7. The van der Waals surface area contributed by atoms with Gasteiger partial charge in [0, 0.05) is 17.0 Å². The van der Waals surface area contributed by atoms with Crippen LogP contribution in [0.15, 0.2) is 40.8 Å². The van der Waals surface area contributed by atoms with E-state index in [1.54, 1.807) is 26.0 Å². The second kappa shape index (κ2) is 7.48. The zero-order valence-electron chi connectivity index (χ0n) is 16.8. The average molecular weight is 407 g/mol. The lowest BCUT2D eigenvalue weighted by Gasteiger charge is -2.07. The second-order valence-corrected chi connectivity index (χ2v) is 8.03. The molecule has 4 rings (SSSR count). The number of fused-ring (bicyclic) bond motifs is 1. The Labute approximate surface area is 174 Å². The molecule has 4 aromatic rings. The van der Waals surface area contributed by atoms with E-state index in [1.165, 1.54) is 0 Å². The van der Waals surface area contributed by atoms with Crippen LogP contribution in [0.2, 0.25) is 5.02 Å². The molecule has 2 heterocycles. The van der Waals surface area contributed by atoms with Crippen LogP contribution < -0.4 is 0 Å². The molecular weight excluding hydrogens is 386 g/mol. The van der Waals surface area contributed by atoms with Gasteiger partial charge in [0.1, 0.15) is 5.82 Å². The van der Waals surface area contributed by atoms with Crippen LogP contribution in [0.4, 0.5) is 0 Å². The minimum atomic E-state index is 0.0396. The molecule has 0 N–H and O–H groups in total. The number of hydrogen-bond acceptors (Lipinski definition) is 4. The van der Waals surface area contributed by atoms with Crippen LogP contribution >= 0.6 is 11.6 Å². The van der Waals surface area contributed by atoms with Crippen molar-refractivity contribution in [3.05, 3.63) is 69.6 Å². The Hall–Kier alpha value is -2.92.